The van der Waals surface area contributed by atoms with Crippen LogP contribution in [0.3, 0.4) is 0 Å². The fourth-order valence-corrected chi connectivity index (χ4v) is 10.8. The summed E-state index contributed by atoms with van der Waals surface area (Å²) in [5.41, 5.74) is 1.96. The molecule has 3 aliphatic heterocycles. The zero-order valence-electron chi connectivity index (χ0n) is 31.9. The third-order valence-corrected chi connectivity index (χ3v) is 13.9. The average Bonchev–Trinajstić information content (AvgIpc) is 3.86. The lowest BCUT2D eigenvalue weighted by Crippen LogP contribution is -2.47. The minimum atomic E-state index is -5.13. The molecule has 304 valence electrons. The van der Waals surface area contributed by atoms with Crippen molar-refractivity contribution >= 4 is 49.6 Å². The Morgan fingerprint density at radius 1 is 1.21 bits per heavy atom. The number of thiophene rings is 1. The Morgan fingerprint density at radius 3 is 2.65 bits per heavy atom. The minimum Gasteiger partial charge on any atom is -0.461 e. The van der Waals surface area contributed by atoms with Gasteiger partial charge in [0.25, 0.3) is 0 Å². The number of nitriles is 1. The van der Waals surface area contributed by atoms with Gasteiger partial charge in [-0.1, -0.05) is 12.5 Å². The van der Waals surface area contributed by atoms with Gasteiger partial charge in [0.1, 0.15) is 41.0 Å². The van der Waals surface area contributed by atoms with Crippen molar-refractivity contribution in [2.45, 2.75) is 101 Å². The second-order valence-corrected chi connectivity index (χ2v) is 17.1. The van der Waals surface area contributed by atoms with E-state index in [9.17, 15) is 14.4 Å². The van der Waals surface area contributed by atoms with Gasteiger partial charge in [-0.05, 0) is 77.2 Å². The van der Waals surface area contributed by atoms with Crippen LogP contribution >= 0.6 is 11.3 Å². The van der Waals surface area contributed by atoms with Gasteiger partial charge in [-0.3, -0.25) is 9.69 Å². The highest BCUT2D eigenvalue weighted by Gasteiger charge is 2.50. The largest absolute Gasteiger partial charge is 0.461 e. The summed E-state index contributed by atoms with van der Waals surface area (Å²) in [5.74, 6) is -2.21. The number of alkyl halides is 4. The second-order valence-electron chi connectivity index (χ2n) is 16.0. The zero-order valence-corrected chi connectivity index (χ0v) is 32.7. The van der Waals surface area contributed by atoms with Crippen molar-refractivity contribution < 1.29 is 35.9 Å². The number of nitrogen functional groups attached to an aromatic ring is 1. The highest BCUT2D eigenvalue weighted by Crippen LogP contribution is 2.49. The number of carbonyl (C=O) groups excluding carboxylic acids is 1. The van der Waals surface area contributed by atoms with Crippen LogP contribution in [0.5, 0.6) is 6.01 Å². The maximum Gasteiger partial charge on any atom is 0.417 e. The van der Waals surface area contributed by atoms with Gasteiger partial charge < -0.3 is 25.2 Å². The summed E-state index contributed by atoms with van der Waals surface area (Å²) in [6.07, 6.45) is 0.0839. The monoisotopic (exact) mass is 814 g/mol. The molecule has 4 aromatic rings. The van der Waals surface area contributed by atoms with Crippen molar-refractivity contribution in [3.05, 3.63) is 41.0 Å². The fraction of sp³-hybridized carbons (Fsp3) is 0.550. The standard InChI is InChI=1S/C40H44F6N8O2S/c1-4-53(30-13-24(54(20-55)21(30)2)18-51(3)23-7-5-8-23)37-26-14-28(40(44,45)46)32(25-9-10-29(42)35-31(25)27(16-47)36(48)57-35)33(43)34(26)49-38(50-37)56-19-39-11-6-12-52(39)17-22(41)15-39/h9-10,14,20-24,30H,4-8,11-13,15,17-19,48H2,1-3H3. The van der Waals surface area contributed by atoms with Crippen molar-refractivity contribution in [1.29, 1.82) is 5.26 Å². The summed E-state index contributed by atoms with van der Waals surface area (Å²) in [5, 5.41) is 9.34. The summed E-state index contributed by atoms with van der Waals surface area (Å²) in [4.78, 5) is 29.5. The lowest BCUT2D eigenvalue weighted by atomic mass is 9.91. The van der Waals surface area contributed by atoms with E-state index in [2.05, 4.69) is 9.88 Å². The summed E-state index contributed by atoms with van der Waals surface area (Å²) in [6.45, 7) is 5.44. The maximum absolute atomic E-state index is 17.5. The Labute approximate surface area is 330 Å². The molecule has 2 N–H and O–H groups in total. The number of rotatable bonds is 11. The van der Waals surface area contributed by atoms with Crippen LogP contribution in [0.2, 0.25) is 0 Å². The highest BCUT2D eigenvalue weighted by molar-refractivity contribution is 7.23. The Hall–Kier alpha value is -4.40. The Bertz CT molecular complexity index is 2260. The Kier molecular flexibility index (Phi) is 10.2. The molecule has 4 fully saturated rings. The van der Waals surface area contributed by atoms with Crippen LogP contribution in [-0.2, 0) is 11.0 Å². The summed E-state index contributed by atoms with van der Waals surface area (Å²) >= 11 is 0.687. The van der Waals surface area contributed by atoms with E-state index in [1.807, 2.05) is 31.9 Å². The number of carbonyl (C=O) groups is 1. The predicted molar refractivity (Wildman–Crippen MR) is 206 cm³/mol. The second kappa shape index (κ2) is 14.8. The van der Waals surface area contributed by atoms with Crippen molar-refractivity contribution in [3.63, 3.8) is 0 Å². The van der Waals surface area contributed by atoms with Crippen molar-refractivity contribution in [1.82, 2.24) is 24.7 Å². The van der Waals surface area contributed by atoms with Crippen LogP contribution in [0.4, 0.5) is 37.2 Å². The molecule has 2 aromatic carbocycles. The SMILES string of the molecule is CCN(c1nc(OCC23CCCN2CC(F)C3)nc2c(F)c(-c3ccc(F)c4sc(N)c(C#N)c34)c(C(F)(F)F)cc12)C1CC(CN(C)C2CCC2)N(C=O)C1C. The van der Waals surface area contributed by atoms with Gasteiger partial charge in [-0.2, -0.15) is 28.4 Å². The molecule has 10 nitrogen and oxygen atoms in total. The maximum atomic E-state index is 17.5. The molecule has 5 atom stereocenters. The van der Waals surface area contributed by atoms with Crippen molar-refractivity contribution in [2.75, 3.05) is 50.5 Å². The molecule has 4 aliphatic rings. The summed E-state index contributed by atoms with van der Waals surface area (Å²) in [7, 11) is 2.03. The van der Waals surface area contributed by atoms with E-state index < -0.39 is 58.2 Å². The number of aromatic nitrogens is 2. The number of ether oxygens (including phenoxy) is 1. The number of nitrogens with zero attached hydrogens (tertiary/aromatic N) is 7. The lowest BCUT2D eigenvalue weighted by molar-refractivity contribution is -0.137. The quantitative estimate of drug-likeness (QED) is 0.121. The normalized spacial score (nSPS) is 25.4. The molecule has 0 spiro atoms. The number of benzene rings is 2. The lowest BCUT2D eigenvalue weighted by Gasteiger charge is -2.37. The van der Waals surface area contributed by atoms with Gasteiger partial charge in [-0.25, -0.2) is 13.2 Å². The number of likely N-dealkylation sites (tertiary alicyclic amines) is 1. The number of hydrogen-bond acceptors (Lipinski definition) is 10. The van der Waals surface area contributed by atoms with E-state index >= 15 is 22.0 Å². The summed E-state index contributed by atoms with van der Waals surface area (Å²) < 4.78 is 99.2. The molecule has 5 unspecified atom stereocenters. The first kappa shape index (κ1) is 39.4. The number of amides is 1. The van der Waals surface area contributed by atoms with Crippen LogP contribution in [0.15, 0.2) is 18.2 Å². The molecule has 8 rings (SSSR count). The van der Waals surface area contributed by atoms with E-state index in [1.54, 1.807) is 9.80 Å². The van der Waals surface area contributed by atoms with Gasteiger partial charge in [0.05, 0.1) is 27.4 Å². The molecule has 57 heavy (non-hydrogen) atoms. The number of halogens is 6. The summed E-state index contributed by atoms with van der Waals surface area (Å²) in [6, 6.07) is 3.67. The van der Waals surface area contributed by atoms with E-state index in [0.717, 1.165) is 50.3 Å². The van der Waals surface area contributed by atoms with Gasteiger partial charge in [-0.15, -0.1) is 11.3 Å². The molecule has 2 aromatic heterocycles. The molecule has 5 heterocycles. The van der Waals surface area contributed by atoms with Crippen molar-refractivity contribution in [3.8, 4) is 23.2 Å². The third-order valence-electron chi connectivity index (χ3n) is 12.9. The Balaban J connectivity index is 1.31. The third kappa shape index (κ3) is 6.61. The molecule has 3 saturated heterocycles. The van der Waals surface area contributed by atoms with E-state index in [0.29, 0.717) is 43.3 Å². The average molecular weight is 815 g/mol. The van der Waals surface area contributed by atoms with E-state index in [4.69, 9.17) is 15.5 Å². The van der Waals surface area contributed by atoms with E-state index in [-0.39, 0.29) is 75.6 Å². The molecular formula is C40H44F6N8O2S. The molecular weight excluding hydrogens is 771 g/mol. The molecule has 1 amide bonds. The molecule has 1 aliphatic carbocycles. The van der Waals surface area contributed by atoms with Gasteiger partial charge in [0.2, 0.25) is 6.41 Å². The number of hydrogen-bond donors (Lipinski definition) is 1. The van der Waals surface area contributed by atoms with Gasteiger partial charge >= 0.3 is 12.2 Å². The fourth-order valence-electron chi connectivity index (χ4n) is 9.84. The molecule has 17 heteroatoms. The first-order valence-corrected chi connectivity index (χ1v) is 20.2. The van der Waals surface area contributed by atoms with Crippen molar-refractivity contribution in [2.24, 2.45) is 0 Å². The predicted octanol–water partition coefficient (Wildman–Crippen LogP) is 7.52. The number of nitrogens with two attached hydrogens (primary N) is 1. The topological polar surface area (TPSA) is 115 Å². The van der Waals surface area contributed by atoms with Gasteiger partial charge in [0, 0.05) is 60.5 Å². The van der Waals surface area contributed by atoms with Crippen LogP contribution < -0.4 is 15.4 Å². The zero-order chi connectivity index (χ0) is 40.6. The highest BCUT2D eigenvalue weighted by atomic mass is 32.1. The van der Waals surface area contributed by atoms with Crippen LogP contribution in [0, 0.1) is 23.0 Å². The number of likely N-dealkylation sites (N-methyl/N-ethyl adjacent to an activating group) is 2. The first-order chi connectivity index (χ1) is 27.2. The smallest absolute Gasteiger partial charge is 0.417 e. The minimum absolute atomic E-state index is 0.0125. The van der Waals surface area contributed by atoms with Crippen LogP contribution in [-0.4, -0.2) is 107 Å². The number of anilines is 2. The molecule has 0 bridgehead atoms. The molecule has 0 radical (unpaired) electrons. The number of fused-ring (bicyclic) bond motifs is 3. The Morgan fingerprint density at radius 2 is 1.98 bits per heavy atom. The van der Waals surface area contributed by atoms with Gasteiger partial charge in [0.15, 0.2) is 5.82 Å². The first-order valence-electron chi connectivity index (χ1n) is 19.4. The van der Waals surface area contributed by atoms with Crippen LogP contribution in [0.25, 0.3) is 32.1 Å². The van der Waals surface area contributed by atoms with Crippen LogP contribution in [0.1, 0.15) is 69.9 Å². The molecule has 1 saturated carbocycles. The van der Waals surface area contributed by atoms with E-state index in [1.165, 1.54) is 0 Å².